The van der Waals surface area contributed by atoms with Gasteiger partial charge in [-0.2, -0.15) is 0 Å². The number of rotatable bonds is 22. The fraction of sp³-hybridized carbons (Fsp3) is 0.222. The third-order valence-corrected chi connectivity index (χ3v) is 12.2. The van der Waals surface area contributed by atoms with Crippen LogP contribution in [0.15, 0.2) is 133 Å². The summed E-state index contributed by atoms with van der Waals surface area (Å²) in [7, 11) is 0. The molecule has 0 aliphatic heterocycles. The number of carboxylic acids is 2. The van der Waals surface area contributed by atoms with Crippen LogP contribution in [0, 0.1) is 40.5 Å². The topological polar surface area (TPSA) is 427 Å². The Hall–Kier alpha value is -9.80. The third kappa shape index (κ3) is 21.0. The Morgan fingerprint density at radius 2 is 0.988 bits per heavy atom. The van der Waals surface area contributed by atoms with Crippen molar-refractivity contribution in [2.24, 2.45) is 5.73 Å². The second-order valence-corrected chi connectivity index (χ2v) is 18.5. The molecule has 3 amide bonds. The van der Waals surface area contributed by atoms with Gasteiger partial charge in [-0.1, -0.05) is 96.0 Å². The number of amides is 3. The van der Waals surface area contributed by atoms with Crippen LogP contribution >= 0.6 is 23.2 Å². The summed E-state index contributed by atoms with van der Waals surface area (Å²) in [6, 6.07) is 33.6. The Bertz CT molecular complexity index is 3350. The summed E-state index contributed by atoms with van der Waals surface area (Å²) < 4.78 is 4.75. The molecule has 0 spiro atoms. The number of hydrogen-bond acceptors (Lipinski definition) is 18. The molecule has 9 N–H and O–H groups in total. The Balaban J connectivity index is 0.000000298. The summed E-state index contributed by atoms with van der Waals surface area (Å²) in [6.07, 6.45) is -3.56. The first-order valence-electron chi connectivity index (χ1n) is 24.4. The van der Waals surface area contributed by atoms with Crippen LogP contribution in [0.3, 0.4) is 0 Å². The highest BCUT2D eigenvalue weighted by atomic mass is 35.5. The van der Waals surface area contributed by atoms with Crippen LogP contribution in [0.2, 0.25) is 10.0 Å². The monoisotopic (exact) mass is 1190 g/mol. The van der Waals surface area contributed by atoms with Gasteiger partial charge in [0.2, 0.25) is 0 Å². The van der Waals surface area contributed by atoms with Gasteiger partial charge in [0.1, 0.15) is 0 Å². The Morgan fingerprint density at radius 1 is 0.554 bits per heavy atom. The lowest BCUT2D eigenvalue weighted by atomic mass is 9.98. The van der Waals surface area contributed by atoms with E-state index in [0.717, 1.165) is 52.1 Å². The number of non-ortho nitro benzene ring substituents is 2. The maximum absolute atomic E-state index is 12.6. The summed E-state index contributed by atoms with van der Waals surface area (Å²) in [5, 5.41) is 88.9. The standard InChI is InChI=1S/C26H23ClN4O9.C21H22ClNO6.C7H7N3O4/c27-19-3-1-2-17(11-19)16-6-4-15(5-7-16)10-20(12-23(32)26(35)36)29-25(34)24(33)28-14-18-8-9-21(30(37)38)13-22(18)31(39)40;1-2-29-21(28)18(24)12-17(23-19(25)20(26)27)10-13-6-8-14(9-7-13)15-4-3-5-16(22)11-15;8-4-5-1-2-6(9(11)12)3-7(5)10(13)14/h1-9,11,13,20,23,32H,10,12,14H2,(H,28,33)(H,29,34)(H,35,36);3-9,11,17-18,24H,2,10,12H2,1H3,(H,23,25)(H,26,27);1-3H,4,8H2/t20-,23-;17-,18-;/m11./s1. The number of carboxylic acid groups (broad SMARTS) is 2. The van der Waals surface area contributed by atoms with E-state index in [-0.39, 0.29) is 54.9 Å². The minimum atomic E-state index is -1.82. The van der Waals surface area contributed by atoms with Crippen LogP contribution in [0.25, 0.3) is 22.3 Å². The molecule has 0 fully saturated rings. The number of carbonyl (C=O) groups excluding carboxylic acids is 4. The predicted molar refractivity (Wildman–Crippen MR) is 297 cm³/mol. The van der Waals surface area contributed by atoms with Gasteiger partial charge in [-0.05, 0) is 89.5 Å². The average Bonchev–Trinajstić information content (AvgIpc) is 3.56. The number of hydrogen-bond donors (Lipinski definition) is 8. The van der Waals surface area contributed by atoms with Crippen LogP contribution in [-0.4, -0.2) is 107 Å². The number of aliphatic hydroxyl groups excluding tert-OH is 2. The van der Waals surface area contributed by atoms with Crippen LogP contribution < -0.4 is 21.7 Å². The van der Waals surface area contributed by atoms with E-state index in [1.807, 2.05) is 48.5 Å². The lowest BCUT2D eigenvalue weighted by Gasteiger charge is -2.20. The minimum Gasteiger partial charge on any atom is -0.479 e. The highest BCUT2D eigenvalue weighted by molar-refractivity contribution is 6.35. The summed E-state index contributed by atoms with van der Waals surface area (Å²) in [6.45, 7) is 1.21. The average molecular weight is 1190 g/mol. The summed E-state index contributed by atoms with van der Waals surface area (Å²) >= 11 is 12.1. The highest BCUT2D eigenvalue weighted by Crippen LogP contribution is 2.28. The molecule has 83 heavy (non-hydrogen) atoms. The molecule has 0 heterocycles. The van der Waals surface area contributed by atoms with Crippen molar-refractivity contribution in [3.8, 4) is 22.3 Å². The zero-order chi connectivity index (χ0) is 61.5. The summed E-state index contributed by atoms with van der Waals surface area (Å²) in [5.41, 5.74) is 8.77. The summed E-state index contributed by atoms with van der Waals surface area (Å²) in [5.74, 6) is -7.52. The fourth-order valence-electron chi connectivity index (χ4n) is 7.68. The van der Waals surface area contributed by atoms with Crippen LogP contribution in [-0.2, 0) is 59.4 Å². The normalized spacial score (nSPS) is 11.9. The van der Waals surface area contributed by atoms with E-state index in [1.54, 1.807) is 55.5 Å². The number of benzene rings is 6. The number of nitrogens with zero attached hydrogens (tertiary/aromatic N) is 4. The Morgan fingerprint density at radius 3 is 1.39 bits per heavy atom. The number of nitrogens with two attached hydrogens (primary N) is 1. The van der Waals surface area contributed by atoms with Crippen LogP contribution in [0.4, 0.5) is 22.7 Å². The van der Waals surface area contributed by atoms with E-state index in [2.05, 4.69) is 16.0 Å². The molecule has 436 valence electrons. The van der Waals surface area contributed by atoms with Gasteiger partial charge in [0.25, 0.3) is 22.7 Å². The van der Waals surface area contributed by atoms with Crippen molar-refractivity contribution in [2.45, 2.75) is 70.0 Å². The molecule has 4 atom stereocenters. The number of nitro benzene ring substituents is 4. The molecule has 0 radical (unpaired) electrons. The molecule has 6 aromatic carbocycles. The van der Waals surface area contributed by atoms with E-state index < -0.39 is 104 Å². The molecule has 6 rings (SSSR count). The second-order valence-electron chi connectivity index (χ2n) is 17.6. The van der Waals surface area contributed by atoms with Gasteiger partial charge in [-0.3, -0.25) is 54.8 Å². The molecule has 27 nitrogen and oxygen atoms in total. The zero-order valence-electron chi connectivity index (χ0n) is 43.5. The van der Waals surface area contributed by atoms with Crippen molar-refractivity contribution in [2.75, 3.05) is 6.61 Å². The van der Waals surface area contributed by atoms with E-state index in [0.29, 0.717) is 15.6 Å². The zero-order valence-corrected chi connectivity index (χ0v) is 45.0. The number of carbonyl (C=O) groups is 6. The third-order valence-electron chi connectivity index (χ3n) is 11.7. The highest BCUT2D eigenvalue weighted by Gasteiger charge is 2.28. The van der Waals surface area contributed by atoms with Gasteiger partial charge in [-0.25, -0.2) is 14.4 Å². The van der Waals surface area contributed by atoms with Crippen molar-refractivity contribution >= 4 is 81.6 Å². The first-order chi connectivity index (χ1) is 39.3. The first-order valence-corrected chi connectivity index (χ1v) is 25.2. The molecule has 0 bridgehead atoms. The second kappa shape index (κ2) is 31.8. The van der Waals surface area contributed by atoms with E-state index in [4.69, 9.17) is 43.9 Å². The fourth-order valence-corrected chi connectivity index (χ4v) is 8.06. The maximum atomic E-state index is 12.6. The maximum Gasteiger partial charge on any atom is 0.394 e. The largest absolute Gasteiger partial charge is 0.479 e. The SMILES string of the molecule is CCOC(=O)[C@H](O)C[C@@H](Cc1ccc(-c2cccc(Cl)c2)cc1)NC(=O)C(=O)O.NCc1ccc([N+](=O)[O-])cc1[N+](=O)[O-].O=C(NCc1ccc([N+](=O)[O-])cc1[N+](=O)[O-])C(=O)N[C@H](Cc1ccc(-c2cccc(Cl)c2)cc1)C[C@@H](O)C(=O)O. The van der Waals surface area contributed by atoms with Crippen molar-refractivity contribution in [1.82, 2.24) is 16.0 Å². The van der Waals surface area contributed by atoms with Crippen LogP contribution in [0.5, 0.6) is 0 Å². The van der Waals surface area contributed by atoms with E-state index in [9.17, 15) is 79.4 Å². The predicted octanol–water partition coefficient (Wildman–Crippen LogP) is 6.40. The molecular weight excluding hydrogens is 1140 g/mol. The first kappa shape index (κ1) is 65.7. The van der Waals surface area contributed by atoms with Crippen molar-refractivity contribution in [1.29, 1.82) is 0 Å². The minimum absolute atomic E-state index is 0.0195. The molecule has 0 saturated carbocycles. The number of aliphatic carboxylic acids is 2. The molecule has 0 aliphatic rings. The molecule has 0 unspecified atom stereocenters. The molecule has 29 heteroatoms. The Labute approximate surface area is 480 Å². The number of nitro groups is 4. The van der Waals surface area contributed by atoms with Crippen LogP contribution in [0.1, 0.15) is 42.0 Å². The molecule has 6 aromatic rings. The quantitative estimate of drug-likeness (QED) is 0.0158. The summed E-state index contributed by atoms with van der Waals surface area (Å²) in [4.78, 5) is 110. The Kier molecular flexibility index (Phi) is 25.2. The van der Waals surface area contributed by atoms with Crippen molar-refractivity contribution in [3.05, 3.63) is 206 Å². The number of aliphatic hydroxyl groups is 2. The molecular formula is C54H52Cl2N8O19. The number of halogens is 2. The van der Waals surface area contributed by atoms with E-state index in [1.165, 1.54) is 12.1 Å². The van der Waals surface area contributed by atoms with E-state index >= 15 is 0 Å². The van der Waals surface area contributed by atoms with Gasteiger partial charge in [0, 0.05) is 64.8 Å². The number of nitrogens with one attached hydrogen (secondary N) is 3. The molecule has 0 aliphatic carbocycles. The van der Waals surface area contributed by atoms with Crippen molar-refractivity contribution < 1.29 is 73.6 Å². The lowest BCUT2D eigenvalue weighted by molar-refractivity contribution is -0.394. The van der Waals surface area contributed by atoms with Gasteiger partial charge in [0.05, 0.1) is 45.0 Å². The smallest absolute Gasteiger partial charge is 0.394 e. The van der Waals surface area contributed by atoms with Gasteiger partial charge >= 0.3 is 35.6 Å². The number of esters is 1. The van der Waals surface area contributed by atoms with Gasteiger partial charge in [0.15, 0.2) is 12.2 Å². The lowest BCUT2D eigenvalue weighted by Crippen LogP contribution is -2.47. The van der Waals surface area contributed by atoms with Gasteiger partial charge < -0.3 is 46.8 Å². The van der Waals surface area contributed by atoms with Crippen molar-refractivity contribution in [3.63, 3.8) is 0 Å². The number of ether oxygens (including phenoxy) is 1. The molecule has 0 aromatic heterocycles. The molecule has 0 saturated heterocycles. The van der Waals surface area contributed by atoms with Gasteiger partial charge in [-0.15, -0.1) is 0 Å².